The van der Waals surface area contributed by atoms with Gasteiger partial charge in [0.2, 0.25) is 21.8 Å². The van der Waals surface area contributed by atoms with Gasteiger partial charge < -0.3 is 10.2 Å². The third-order valence-corrected chi connectivity index (χ3v) is 7.98. The number of hydrogen-bond donors (Lipinski definition) is 1. The number of carbonyl (C=O) groups is 2. The Kier molecular flexibility index (Phi) is 11.4. The third-order valence-electron chi connectivity index (χ3n) is 6.25. The summed E-state index contributed by atoms with van der Waals surface area (Å²) in [5.74, 6) is -1.55. The minimum absolute atomic E-state index is 0.0748. The molecule has 0 heterocycles. The topological polar surface area (TPSA) is 86.8 Å². The van der Waals surface area contributed by atoms with E-state index < -0.39 is 34.3 Å². The predicted molar refractivity (Wildman–Crippen MR) is 157 cm³/mol. The van der Waals surface area contributed by atoms with Crippen LogP contribution in [0.5, 0.6) is 0 Å². The lowest BCUT2D eigenvalue weighted by molar-refractivity contribution is -0.140. The van der Waals surface area contributed by atoms with E-state index in [2.05, 4.69) is 5.32 Å². The second-order valence-electron chi connectivity index (χ2n) is 9.35. The molecule has 0 spiro atoms. The molecule has 11 heteroatoms. The molecule has 3 aromatic rings. The van der Waals surface area contributed by atoms with E-state index in [1.807, 2.05) is 37.3 Å². The van der Waals surface area contributed by atoms with Gasteiger partial charge in [0.05, 0.1) is 11.9 Å². The molecule has 1 N–H and O–H groups in total. The van der Waals surface area contributed by atoms with E-state index in [9.17, 15) is 22.4 Å². The van der Waals surface area contributed by atoms with Crippen LogP contribution in [-0.4, -0.2) is 50.5 Å². The van der Waals surface area contributed by atoms with Gasteiger partial charge in [-0.2, -0.15) is 0 Å². The number of unbranched alkanes of at least 4 members (excludes halogenated alkanes) is 1. The number of halogens is 3. The molecule has 7 nitrogen and oxygen atoms in total. The quantitative estimate of drug-likeness (QED) is 0.262. The Morgan fingerprint density at radius 3 is 2.27 bits per heavy atom. The van der Waals surface area contributed by atoms with Crippen molar-refractivity contribution in [2.75, 3.05) is 23.7 Å². The van der Waals surface area contributed by atoms with E-state index in [1.165, 1.54) is 23.1 Å². The molecule has 0 saturated heterocycles. The normalized spacial score (nSPS) is 12.0. The molecule has 0 aliphatic carbocycles. The maximum absolute atomic E-state index is 14.0. The van der Waals surface area contributed by atoms with Crippen molar-refractivity contribution in [3.8, 4) is 0 Å². The number of benzene rings is 3. The first-order valence-corrected chi connectivity index (χ1v) is 15.4. The van der Waals surface area contributed by atoms with Crippen LogP contribution < -0.4 is 9.62 Å². The summed E-state index contributed by atoms with van der Waals surface area (Å²) in [6.45, 7) is 1.74. The van der Waals surface area contributed by atoms with Crippen molar-refractivity contribution in [1.29, 1.82) is 0 Å². The Bertz CT molecular complexity index is 1410. The molecule has 0 radical (unpaired) electrons. The van der Waals surface area contributed by atoms with Crippen LogP contribution in [0.2, 0.25) is 10.0 Å². The van der Waals surface area contributed by atoms with E-state index in [1.54, 1.807) is 12.1 Å². The van der Waals surface area contributed by atoms with Crippen molar-refractivity contribution < 1.29 is 22.4 Å². The number of rotatable bonds is 13. The predicted octanol–water partition coefficient (Wildman–Crippen LogP) is 5.45. The first kappa shape index (κ1) is 31.4. The average Bonchev–Trinajstić information content (AvgIpc) is 2.91. The van der Waals surface area contributed by atoms with Crippen LogP contribution in [0.1, 0.15) is 30.9 Å². The van der Waals surface area contributed by atoms with Crippen LogP contribution in [-0.2, 0) is 32.6 Å². The van der Waals surface area contributed by atoms with Crippen LogP contribution in [0.25, 0.3) is 0 Å². The first-order chi connectivity index (χ1) is 19.0. The minimum Gasteiger partial charge on any atom is -0.354 e. The Morgan fingerprint density at radius 2 is 1.68 bits per heavy atom. The van der Waals surface area contributed by atoms with Crippen LogP contribution in [0.4, 0.5) is 10.1 Å². The highest BCUT2D eigenvalue weighted by atomic mass is 35.5. The van der Waals surface area contributed by atoms with Crippen LogP contribution in [0, 0.1) is 5.82 Å². The molecule has 0 unspecified atom stereocenters. The van der Waals surface area contributed by atoms with E-state index in [-0.39, 0.29) is 24.6 Å². The van der Waals surface area contributed by atoms with E-state index in [0.717, 1.165) is 41.1 Å². The number of hydrogen-bond acceptors (Lipinski definition) is 4. The second-order valence-corrected chi connectivity index (χ2v) is 12.1. The van der Waals surface area contributed by atoms with Gasteiger partial charge in [-0.25, -0.2) is 12.8 Å². The summed E-state index contributed by atoms with van der Waals surface area (Å²) in [5.41, 5.74) is 1.47. The Morgan fingerprint density at radius 1 is 1.00 bits per heavy atom. The van der Waals surface area contributed by atoms with Crippen molar-refractivity contribution in [1.82, 2.24) is 10.2 Å². The molecule has 0 bridgehead atoms. The zero-order valence-electron chi connectivity index (χ0n) is 22.3. The van der Waals surface area contributed by atoms with Crippen LogP contribution in [0.3, 0.4) is 0 Å². The van der Waals surface area contributed by atoms with Crippen molar-refractivity contribution in [3.63, 3.8) is 0 Å². The van der Waals surface area contributed by atoms with Gasteiger partial charge in [-0.3, -0.25) is 13.9 Å². The van der Waals surface area contributed by atoms with Crippen LogP contribution >= 0.6 is 23.2 Å². The summed E-state index contributed by atoms with van der Waals surface area (Å²) >= 11 is 12.5. The summed E-state index contributed by atoms with van der Waals surface area (Å²) in [4.78, 5) is 28.9. The lowest BCUT2D eigenvalue weighted by Gasteiger charge is -2.33. The number of amides is 2. The fourth-order valence-electron chi connectivity index (χ4n) is 4.11. The van der Waals surface area contributed by atoms with Gasteiger partial charge in [-0.1, -0.05) is 72.9 Å². The standard InChI is InChI=1S/C29H32Cl2FN3O4S/c1-3-4-16-33-29(37)27(17-21-8-6-5-7-9-21)34(19-22-10-11-23(30)18-26(22)31)28(36)20-35(40(2,38)39)25-14-12-24(32)13-15-25/h5-15,18,27H,3-4,16-17,19-20H2,1-2H3,(H,33,37)/t27-/m1/s1. The lowest BCUT2D eigenvalue weighted by Crippen LogP contribution is -2.53. The molecule has 2 amide bonds. The highest BCUT2D eigenvalue weighted by Crippen LogP contribution is 2.25. The third kappa shape index (κ3) is 8.94. The molecule has 1 atom stereocenters. The molecule has 0 aromatic heterocycles. The van der Waals surface area contributed by atoms with Crippen molar-refractivity contribution >= 4 is 50.7 Å². The summed E-state index contributed by atoms with van der Waals surface area (Å²) in [5, 5.41) is 3.62. The zero-order chi connectivity index (χ0) is 29.3. The van der Waals surface area contributed by atoms with Gasteiger partial charge in [0, 0.05) is 29.6 Å². The summed E-state index contributed by atoms with van der Waals surface area (Å²) in [7, 11) is -3.95. The second kappa shape index (κ2) is 14.5. The highest BCUT2D eigenvalue weighted by molar-refractivity contribution is 7.92. The van der Waals surface area contributed by atoms with Crippen molar-refractivity contribution in [3.05, 3.63) is 99.8 Å². The number of sulfonamides is 1. The van der Waals surface area contributed by atoms with Gasteiger partial charge in [0.25, 0.3) is 0 Å². The smallest absolute Gasteiger partial charge is 0.244 e. The molecule has 3 rings (SSSR count). The molecule has 214 valence electrons. The monoisotopic (exact) mass is 607 g/mol. The molecular weight excluding hydrogens is 576 g/mol. The fraction of sp³-hybridized carbons (Fsp3) is 0.310. The molecule has 0 aliphatic rings. The molecular formula is C29H32Cl2FN3O4S. The molecule has 0 aliphatic heterocycles. The van der Waals surface area contributed by atoms with Gasteiger partial charge in [-0.15, -0.1) is 0 Å². The average molecular weight is 609 g/mol. The molecule has 0 saturated carbocycles. The maximum Gasteiger partial charge on any atom is 0.244 e. The Hall–Kier alpha value is -3.14. The molecule has 0 fully saturated rings. The summed E-state index contributed by atoms with van der Waals surface area (Å²) < 4.78 is 39.9. The maximum atomic E-state index is 14.0. The van der Waals surface area contributed by atoms with E-state index in [0.29, 0.717) is 22.2 Å². The lowest BCUT2D eigenvalue weighted by atomic mass is 10.0. The number of nitrogens with zero attached hydrogens (tertiary/aromatic N) is 2. The zero-order valence-corrected chi connectivity index (χ0v) is 24.6. The number of anilines is 1. The largest absolute Gasteiger partial charge is 0.354 e. The molecule has 3 aromatic carbocycles. The SMILES string of the molecule is CCCCNC(=O)[C@@H](Cc1ccccc1)N(Cc1ccc(Cl)cc1Cl)C(=O)CN(c1ccc(F)cc1)S(C)(=O)=O. The van der Waals surface area contributed by atoms with Gasteiger partial charge in [0.15, 0.2) is 0 Å². The van der Waals surface area contributed by atoms with E-state index >= 15 is 0 Å². The van der Waals surface area contributed by atoms with Gasteiger partial charge in [-0.05, 0) is 53.9 Å². The van der Waals surface area contributed by atoms with Crippen LogP contribution in [0.15, 0.2) is 72.8 Å². The molecule has 40 heavy (non-hydrogen) atoms. The van der Waals surface area contributed by atoms with Gasteiger partial charge >= 0.3 is 0 Å². The Labute approximate surface area is 244 Å². The van der Waals surface area contributed by atoms with Crippen molar-refractivity contribution in [2.24, 2.45) is 0 Å². The van der Waals surface area contributed by atoms with E-state index in [4.69, 9.17) is 23.2 Å². The number of nitrogens with one attached hydrogen (secondary N) is 1. The first-order valence-electron chi connectivity index (χ1n) is 12.8. The Balaban J connectivity index is 2.05. The summed E-state index contributed by atoms with van der Waals surface area (Å²) in [6.07, 6.45) is 2.77. The minimum atomic E-state index is -3.95. The fourth-order valence-corrected chi connectivity index (χ4v) is 5.43. The number of carbonyl (C=O) groups excluding carboxylic acids is 2. The summed E-state index contributed by atoms with van der Waals surface area (Å²) in [6, 6.07) is 17.9. The van der Waals surface area contributed by atoms with Crippen molar-refractivity contribution in [2.45, 2.75) is 38.8 Å². The highest BCUT2D eigenvalue weighted by Gasteiger charge is 2.33. The van der Waals surface area contributed by atoms with Gasteiger partial charge in [0.1, 0.15) is 18.4 Å².